The Kier molecular flexibility index (Phi) is 50.8. The number of carbonyl (C=O) groups excluding carboxylic acids is 3. The second kappa shape index (κ2) is 52.5. The Labute approximate surface area is 392 Å². The van der Waals surface area contributed by atoms with Gasteiger partial charge in [0.25, 0.3) is 0 Å². The molecule has 0 aliphatic carbocycles. The Hall–Kier alpha value is -2.11. The second-order valence-corrected chi connectivity index (χ2v) is 18.8. The molecule has 0 aromatic heterocycles. The van der Waals surface area contributed by atoms with E-state index in [9.17, 15) is 14.4 Å². The van der Waals surface area contributed by atoms with Crippen molar-refractivity contribution in [2.24, 2.45) is 0 Å². The molecule has 0 aliphatic rings. The van der Waals surface area contributed by atoms with Crippen LogP contribution in [0.15, 0.2) is 24.3 Å². The van der Waals surface area contributed by atoms with Gasteiger partial charge in [-0.2, -0.15) is 0 Å². The number of carbonyl (C=O) groups is 3. The first-order valence-corrected chi connectivity index (χ1v) is 27.8. The minimum atomic E-state index is -0.770. The average molecular weight is 887 g/mol. The van der Waals surface area contributed by atoms with Crippen molar-refractivity contribution in [3.63, 3.8) is 0 Å². The van der Waals surface area contributed by atoms with Crippen LogP contribution in [0.5, 0.6) is 0 Å². The summed E-state index contributed by atoms with van der Waals surface area (Å²) in [6.07, 6.45) is 60.2. The van der Waals surface area contributed by atoms with Crippen LogP contribution in [0.1, 0.15) is 303 Å². The lowest BCUT2D eigenvalue weighted by molar-refractivity contribution is -0.167. The maximum atomic E-state index is 12.8. The predicted molar refractivity (Wildman–Crippen MR) is 270 cm³/mol. The summed E-state index contributed by atoms with van der Waals surface area (Å²) in [6, 6.07) is 0. The molecule has 0 heterocycles. The first-order valence-electron chi connectivity index (χ1n) is 27.8. The zero-order chi connectivity index (χ0) is 45.8. The van der Waals surface area contributed by atoms with Gasteiger partial charge in [0.05, 0.1) is 0 Å². The standard InChI is InChI=1S/C57H106O6/c1-4-7-10-13-16-19-22-24-26-28-30-32-35-38-41-44-47-50-56(59)62-53-54(52-61-55(58)49-46-43-40-37-34-21-18-15-12-9-6-3)63-57(60)51-48-45-42-39-36-33-31-29-27-25-23-20-17-14-11-8-5-2/h24-27,54H,4-23,28-53H2,1-3H3/b26-24-,27-25-. The number of hydrogen-bond donors (Lipinski definition) is 0. The van der Waals surface area contributed by atoms with E-state index in [0.717, 1.165) is 57.8 Å². The minimum absolute atomic E-state index is 0.0704. The molecule has 0 spiro atoms. The van der Waals surface area contributed by atoms with Gasteiger partial charge in [-0.3, -0.25) is 14.4 Å². The summed E-state index contributed by atoms with van der Waals surface area (Å²) >= 11 is 0. The Bertz CT molecular complexity index is 1020. The Morgan fingerprint density at radius 2 is 0.524 bits per heavy atom. The lowest BCUT2D eigenvalue weighted by Gasteiger charge is -2.18. The van der Waals surface area contributed by atoms with Gasteiger partial charge in [0.15, 0.2) is 6.10 Å². The molecule has 0 aromatic rings. The highest BCUT2D eigenvalue weighted by atomic mass is 16.6. The third kappa shape index (κ3) is 50.7. The van der Waals surface area contributed by atoms with Crippen molar-refractivity contribution >= 4 is 17.9 Å². The third-order valence-corrected chi connectivity index (χ3v) is 12.4. The Balaban J connectivity index is 4.32. The molecule has 370 valence electrons. The molecule has 0 radical (unpaired) electrons. The number of rotatable bonds is 51. The summed E-state index contributed by atoms with van der Waals surface area (Å²) in [5.41, 5.74) is 0. The normalized spacial score (nSPS) is 12.1. The van der Waals surface area contributed by atoms with Crippen molar-refractivity contribution in [1.82, 2.24) is 0 Å². The van der Waals surface area contributed by atoms with Crippen LogP contribution in [0.4, 0.5) is 0 Å². The van der Waals surface area contributed by atoms with Crippen LogP contribution in [-0.4, -0.2) is 37.2 Å². The van der Waals surface area contributed by atoms with Crippen molar-refractivity contribution in [2.75, 3.05) is 13.2 Å². The first-order chi connectivity index (χ1) is 31.0. The summed E-state index contributed by atoms with van der Waals surface area (Å²) in [7, 11) is 0. The van der Waals surface area contributed by atoms with E-state index in [4.69, 9.17) is 14.2 Å². The van der Waals surface area contributed by atoms with E-state index in [0.29, 0.717) is 19.3 Å². The van der Waals surface area contributed by atoms with Crippen LogP contribution in [-0.2, 0) is 28.6 Å². The predicted octanol–water partition coefficient (Wildman–Crippen LogP) is 18.3. The van der Waals surface area contributed by atoms with E-state index in [2.05, 4.69) is 45.1 Å². The van der Waals surface area contributed by atoms with Gasteiger partial charge in [-0.15, -0.1) is 0 Å². The summed E-state index contributed by atoms with van der Waals surface area (Å²) in [5, 5.41) is 0. The van der Waals surface area contributed by atoms with Crippen molar-refractivity contribution < 1.29 is 28.6 Å². The SMILES string of the molecule is CCCCCCCC/C=C\CCCCCCCCCC(=O)OCC(COC(=O)CCCCCCCCCCCCC)OC(=O)CCCCCCCCC/C=C\CCCCCCCC. The fourth-order valence-electron chi connectivity index (χ4n) is 8.20. The monoisotopic (exact) mass is 887 g/mol. The molecule has 0 aromatic carbocycles. The highest BCUT2D eigenvalue weighted by Gasteiger charge is 2.19. The minimum Gasteiger partial charge on any atom is -0.462 e. The van der Waals surface area contributed by atoms with Gasteiger partial charge in [-0.25, -0.2) is 0 Å². The fourth-order valence-corrected chi connectivity index (χ4v) is 8.20. The first kappa shape index (κ1) is 60.9. The van der Waals surface area contributed by atoms with Crippen LogP contribution in [0, 0.1) is 0 Å². The van der Waals surface area contributed by atoms with E-state index >= 15 is 0 Å². The van der Waals surface area contributed by atoms with Crippen molar-refractivity contribution in [1.29, 1.82) is 0 Å². The molecule has 0 amide bonds. The molecule has 0 bridgehead atoms. The summed E-state index contributed by atoms with van der Waals surface area (Å²) in [4.78, 5) is 38.0. The van der Waals surface area contributed by atoms with E-state index in [1.807, 2.05) is 0 Å². The molecule has 0 N–H and O–H groups in total. The molecule has 63 heavy (non-hydrogen) atoms. The lowest BCUT2D eigenvalue weighted by Crippen LogP contribution is -2.30. The molecular weight excluding hydrogens is 781 g/mol. The van der Waals surface area contributed by atoms with Crippen LogP contribution in [0.3, 0.4) is 0 Å². The molecule has 0 saturated heterocycles. The average Bonchev–Trinajstić information content (AvgIpc) is 3.28. The fraction of sp³-hybridized carbons (Fsp3) is 0.877. The van der Waals surface area contributed by atoms with Crippen LogP contribution < -0.4 is 0 Å². The highest BCUT2D eigenvalue weighted by Crippen LogP contribution is 2.16. The number of ether oxygens (including phenoxy) is 3. The van der Waals surface area contributed by atoms with E-state index in [1.54, 1.807) is 0 Å². The van der Waals surface area contributed by atoms with E-state index in [-0.39, 0.29) is 31.1 Å². The van der Waals surface area contributed by atoms with Gasteiger partial charge in [0, 0.05) is 19.3 Å². The lowest BCUT2D eigenvalue weighted by atomic mass is 10.1. The van der Waals surface area contributed by atoms with Gasteiger partial charge >= 0.3 is 17.9 Å². The molecule has 0 aliphatic heterocycles. The van der Waals surface area contributed by atoms with Crippen LogP contribution in [0.25, 0.3) is 0 Å². The van der Waals surface area contributed by atoms with Crippen molar-refractivity contribution in [3.05, 3.63) is 24.3 Å². The zero-order valence-corrected chi connectivity index (χ0v) is 42.4. The molecule has 0 rings (SSSR count). The second-order valence-electron chi connectivity index (χ2n) is 18.8. The quantitative estimate of drug-likeness (QED) is 0.0262. The summed E-state index contributed by atoms with van der Waals surface area (Å²) in [6.45, 7) is 6.65. The molecule has 6 nitrogen and oxygen atoms in total. The van der Waals surface area contributed by atoms with E-state index in [1.165, 1.54) is 205 Å². The Morgan fingerprint density at radius 3 is 0.794 bits per heavy atom. The van der Waals surface area contributed by atoms with Gasteiger partial charge in [0.2, 0.25) is 0 Å². The maximum absolute atomic E-state index is 12.8. The van der Waals surface area contributed by atoms with Gasteiger partial charge in [0.1, 0.15) is 13.2 Å². The molecule has 6 heteroatoms. The number of unbranched alkanes of at least 4 members (excludes halogenated alkanes) is 36. The van der Waals surface area contributed by atoms with Crippen LogP contribution in [0.2, 0.25) is 0 Å². The number of esters is 3. The number of allylic oxidation sites excluding steroid dienone is 4. The largest absolute Gasteiger partial charge is 0.462 e. The maximum Gasteiger partial charge on any atom is 0.306 e. The Morgan fingerprint density at radius 1 is 0.302 bits per heavy atom. The van der Waals surface area contributed by atoms with Gasteiger partial charge < -0.3 is 14.2 Å². The summed E-state index contributed by atoms with van der Waals surface area (Å²) in [5.74, 6) is -0.864. The molecule has 1 atom stereocenters. The molecule has 0 saturated carbocycles. The van der Waals surface area contributed by atoms with Crippen molar-refractivity contribution in [2.45, 2.75) is 309 Å². The number of hydrogen-bond acceptors (Lipinski definition) is 6. The van der Waals surface area contributed by atoms with Gasteiger partial charge in [-0.05, 0) is 70.6 Å². The smallest absolute Gasteiger partial charge is 0.306 e. The zero-order valence-electron chi connectivity index (χ0n) is 42.4. The third-order valence-electron chi connectivity index (χ3n) is 12.4. The van der Waals surface area contributed by atoms with Crippen LogP contribution >= 0.6 is 0 Å². The highest BCUT2D eigenvalue weighted by molar-refractivity contribution is 5.71. The summed E-state index contributed by atoms with van der Waals surface area (Å²) < 4.78 is 16.8. The molecule has 1 unspecified atom stereocenters. The van der Waals surface area contributed by atoms with E-state index < -0.39 is 6.10 Å². The van der Waals surface area contributed by atoms with Crippen molar-refractivity contribution in [3.8, 4) is 0 Å². The molecular formula is C57H106O6. The topological polar surface area (TPSA) is 78.9 Å². The van der Waals surface area contributed by atoms with Gasteiger partial charge in [-0.1, -0.05) is 238 Å². The molecule has 0 fully saturated rings.